The van der Waals surface area contributed by atoms with Gasteiger partial charge in [-0.15, -0.1) is 11.8 Å². The average Bonchev–Trinajstić information content (AvgIpc) is 2.60. The zero-order valence-electron chi connectivity index (χ0n) is 14.4. The van der Waals surface area contributed by atoms with Gasteiger partial charge in [-0.25, -0.2) is 0 Å². The molecule has 2 rings (SSSR count). The number of carbonyl (C=O) groups is 1. The normalized spacial score (nSPS) is 10.7. The standard InChI is InChI=1S/C19H22N2O3S/c1-14(2)10-11-25-18-9-8-16(12-17(18)21(23)24)19(22)20-13-15-6-4-3-5-7-15/h3-9,12,14H,10-11,13H2,1-2H3,(H,20,22). The molecule has 0 aromatic heterocycles. The van der Waals surface area contributed by atoms with Crippen LogP contribution < -0.4 is 5.32 Å². The topological polar surface area (TPSA) is 72.2 Å². The lowest BCUT2D eigenvalue weighted by Gasteiger charge is -2.08. The van der Waals surface area contributed by atoms with Gasteiger partial charge < -0.3 is 5.32 Å². The summed E-state index contributed by atoms with van der Waals surface area (Å²) in [7, 11) is 0. The molecule has 5 nitrogen and oxygen atoms in total. The van der Waals surface area contributed by atoms with E-state index in [0.717, 1.165) is 17.7 Å². The first-order valence-corrected chi connectivity index (χ1v) is 9.19. The zero-order chi connectivity index (χ0) is 18.2. The van der Waals surface area contributed by atoms with E-state index in [1.165, 1.54) is 17.8 Å². The second-order valence-electron chi connectivity index (χ2n) is 6.14. The minimum absolute atomic E-state index is 0.0129. The molecule has 132 valence electrons. The molecule has 0 saturated heterocycles. The van der Waals surface area contributed by atoms with Gasteiger partial charge in [-0.1, -0.05) is 44.2 Å². The lowest BCUT2D eigenvalue weighted by atomic mass is 10.1. The summed E-state index contributed by atoms with van der Waals surface area (Å²) < 4.78 is 0. The van der Waals surface area contributed by atoms with Crippen molar-refractivity contribution >= 4 is 23.4 Å². The highest BCUT2D eigenvalue weighted by Crippen LogP contribution is 2.31. The lowest BCUT2D eigenvalue weighted by molar-refractivity contribution is -0.387. The fourth-order valence-electron chi connectivity index (χ4n) is 2.21. The number of nitro benzene ring substituents is 1. The third kappa shape index (κ3) is 5.90. The molecule has 2 aromatic carbocycles. The summed E-state index contributed by atoms with van der Waals surface area (Å²) in [5.41, 5.74) is 1.27. The first kappa shape index (κ1) is 19.0. The Labute approximate surface area is 152 Å². The Kier molecular flexibility index (Phi) is 7.01. The Morgan fingerprint density at radius 1 is 1.20 bits per heavy atom. The van der Waals surface area contributed by atoms with Gasteiger partial charge in [-0.05, 0) is 35.8 Å². The maximum atomic E-state index is 12.3. The van der Waals surface area contributed by atoms with E-state index in [-0.39, 0.29) is 11.6 Å². The van der Waals surface area contributed by atoms with Crippen molar-refractivity contribution in [1.82, 2.24) is 5.32 Å². The van der Waals surface area contributed by atoms with Crippen LogP contribution in [0.3, 0.4) is 0 Å². The molecule has 0 aliphatic carbocycles. The Hall–Kier alpha value is -2.34. The van der Waals surface area contributed by atoms with E-state index in [1.54, 1.807) is 12.1 Å². The molecule has 0 spiro atoms. The number of rotatable bonds is 8. The van der Waals surface area contributed by atoms with E-state index < -0.39 is 4.92 Å². The van der Waals surface area contributed by atoms with Crippen molar-refractivity contribution < 1.29 is 9.72 Å². The average molecular weight is 358 g/mol. The Morgan fingerprint density at radius 2 is 1.92 bits per heavy atom. The van der Waals surface area contributed by atoms with E-state index in [2.05, 4.69) is 19.2 Å². The van der Waals surface area contributed by atoms with Crippen molar-refractivity contribution in [3.05, 3.63) is 69.8 Å². The van der Waals surface area contributed by atoms with Gasteiger partial charge in [0.1, 0.15) is 0 Å². The van der Waals surface area contributed by atoms with Crippen molar-refractivity contribution in [3.63, 3.8) is 0 Å². The second kappa shape index (κ2) is 9.22. The molecular weight excluding hydrogens is 336 g/mol. The maximum absolute atomic E-state index is 12.3. The molecule has 1 amide bonds. The van der Waals surface area contributed by atoms with Crippen LogP contribution in [0, 0.1) is 16.0 Å². The van der Waals surface area contributed by atoms with Crippen LogP contribution >= 0.6 is 11.8 Å². The number of amides is 1. The minimum Gasteiger partial charge on any atom is -0.348 e. The van der Waals surface area contributed by atoms with Crippen LogP contribution in [0.1, 0.15) is 36.2 Å². The number of benzene rings is 2. The molecule has 0 saturated carbocycles. The molecular formula is C19H22N2O3S. The van der Waals surface area contributed by atoms with E-state index in [9.17, 15) is 14.9 Å². The van der Waals surface area contributed by atoms with Gasteiger partial charge in [0.2, 0.25) is 0 Å². The number of hydrogen-bond donors (Lipinski definition) is 1. The molecule has 0 bridgehead atoms. The summed E-state index contributed by atoms with van der Waals surface area (Å²) >= 11 is 1.46. The number of nitro groups is 1. The molecule has 0 heterocycles. The minimum atomic E-state index is -0.425. The van der Waals surface area contributed by atoms with E-state index >= 15 is 0 Å². The number of hydrogen-bond acceptors (Lipinski definition) is 4. The van der Waals surface area contributed by atoms with Gasteiger partial charge in [0.05, 0.1) is 9.82 Å². The summed E-state index contributed by atoms with van der Waals surface area (Å²) in [6.07, 6.45) is 0.987. The van der Waals surface area contributed by atoms with Gasteiger partial charge in [0.15, 0.2) is 0 Å². The van der Waals surface area contributed by atoms with Crippen LogP contribution in [0.15, 0.2) is 53.4 Å². The third-order valence-electron chi connectivity index (χ3n) is 3.67. The van der Waals surface area contributed by atoms with Gasteiger partial charge in [-0.2, -0.15) is 0 Å². The van der Waals surface area contributed by atoms with Crippen LogP contribution in [0.5, 0.6) is 0 Å². The van der Waals surface area contributed by atoms with Gasteiger partial charge in [-0.3, -0.25) is 14.9 Å². The van der Waals surface area contributed by atoms with Crippen LogP contribution in [-0.4, -0.2) is 16.6 Å². The van der Waals surface area contributed by atoms with E-state index in [1.807, 2.05) is 30.3 Å². The van der Waals surface area contributed by atoms with Crippen molar-refractivity contribution in [2.75, 3.05) is 5.75 Å². The molecule has 0 fully saturated rings. The van der Waals surface area contributed by atoms with Crippen molar-refractivity contribution in [1.29, 1.82) is 0 Å². The van der Waals surface area contributed by atoms with E-state index in [4.69, 9.17) is 0 Å². The predicted octanol–water partition coefficient (Wildman–Crippen LogP) is 4.66. The van der Waals surface area contributed by atoms with Crippen molar-refractivity contribution in [2.24, 2.45) is 5.92 Å². The number of thioether (sulfide) groups is 1. The number of carbonyl (C=O) groups excluding carboxylic acids is 1. The second-order valence-corrected chi connectivity index (χ2v) is 7.28. The van der Waals surface area contributed by atoms with Crippen LogP contribution in [0.2, 0.25) is 0 Å². The zero-order valence-corrected chi connectivity index (χ0v) is 15.2. The Balaban J connectivity index is 2.06. The first-order chi connectivity index (χ1) is 12.0. The Bertz CT molecular complexity index is 733. The predicted molar refractivity (Wildman–Crippen MR) is 101 cm³/mol. The van der Waals surface area contributed by atoms with Gasteiger partial charge >= 0.3 is 0 Å². The molecule has 25 heavy (non-hydrogen) atoms. The van der Waals surface area contributed by atoms with Crippen LogP contribution in [-0.2, 0) is 6.54 Å². The quantitative estimate of drug-likeness (QED) is 0.423. The number of nitrogens with one attached hydrogen (secondary N) is 1. The fourth-order valence-corrected chi connectivity index (χ4v) is 3.46. The summed E-state index contributed by atoms with van der Waals surface area (Å²) in [5, 5.41) is 14.1. The third-order valence-corrected chi connectivity index (χ3v) is 4.76. The summed E-state index contributed by atoms with van der Waals surface area (Å²) in [4.78, 5) is 23.8. The summed E-state index contributed by atoms with van der Waals surface area (Å²) in [6.45, 7) is 4.63. The van der Waals surface area contributed by atoms with Crippen molar-refractivity contribution in [3.8, 4) is 0 Å². The molecule has 2 aromatic rings. The smallest absolute Gasteiger partial charge is 0.283 e. The summed E-state index contributed by atoms with van der Waals surface area (Å²) in [5.74, 6) is 1.05. The number of nitrogens with zero attached hydrogens (tertiary/aromatic N) is 1. The molecule has 1 N–H and O–H groups in total. The SMILES string of the molecule is CC(C)CCSc1ccc(C(=O)NCc2ccccc2)cc1[N+](=O)[O-]. The molecule has 0 unspecified atom stereocenters. The molecule has 0 atom stereocenters. The lowest BCUT2D eigenvalue weighted by Crippen LogP contribution is -2.22. The highest BCUT2D eigenvalue weighted by atomic mass is 32.2. The van der Waals surface area contributed by atoms with Gasteiger partial charge in [0, 0.05) is 18.2 Å². The first-order valence-electron chi connectivity index (χ1n) is 8.20. The molecule has 6 heteroatoms. The maximum Gasteiger partial charge on any atom is 0.283 e. The highest BCUT2D eigenvalue weighted by Gasteiger charge is 2.18. The van der Waals surface area contributed by atoms with Gasteiger partial charge in [0.25, 0.3) is 11.6 Å². The highest BCUT2D eigenvalue weighted by molar-refractivity contribution is 7.99. The monoisotopic (exact) mass is 358 g/mol. The summed E-state index contributed by atoms with van der Waals surface area (Å²) in [6, 6.07) is 14.2. The molecule has 0 aliphatic rings. The Morgan fingerprint density at radius 3 is 2.56 bits per heavy atom. The van der Waals surface area contributed by atoms with Crippen LogP contribution in [0.4, 0.5) is 5.69 Å². The largest absolute Gasteiger partial charge is 0.348 e. The molecule has 0 aliphatic heterocycles. The van der Waals surface area contributed by atoms with Crippen LogP contribution in [0.25, 0.3) is 0 Å². The fraction of sp³-hybridized carbons (Fsp3) is 0.316. The van der Waals surface area contributed by atoms with E-state index in [0.29, 0.717) is 22.9 Å². The van der Waals surface area contributed by atoms with Crippen molar-refractivity contribution in [2.45, 2.75) is 31.7 Å². The molecule has 0 radical (unpaired) electrons.